The van der Waals surface area contributed by atoms with Gasteiger partial charge in [0.2, 0.25) is 5.91 Å². The monoisotopic (exact) mass is 578 g/mol. The van der Waals surface area contributed by atoms with Gasteiger partial charge in [-0.3, -0.25) is 9.59 Å². The first-order valence-electron chi connectivity index (χ1n) is 12.4. The molecule has 2 aliphatic heterocycles. The normalized spacial score (nSPS) is 18.6. The predicted molar refractivity (Wildman–Crippen MR) is 130 cm³/mol. The minimum absolute atomic E-state index is 0.00971. The lowest BCUT2D eigenvalue weighted by Crippen LogP contribution is -2.56. The Morgan fingerprint density at radius 1 is 1.25 bits per heavy atom. The molecule has 1 amide bonds. The first kappa shape index (κ1) is 29.6. The summed E-state index contributed by atoms with van der Waals surface area (Å²) in [7, 11) is 0. The topological polar surface area (TPSA) is 113 Å². The smallest absolute Gasteiger partial charge is 0.379 e. The molecule has 1 saturated heterocycles. The van der Waals surface area contributed by atoms with E-state index in [1.165, 1.54) is 6.92 Å². The first-order valence-corrected chi connectivity index (χ1v) is 12.4. The number of pyridine rings is 1. The molecule has 10 nitrogen and oxygen atoms in total. The number of nitrogens with zero attached hydrogens (tertiary/aromatic N) is 4. The zero-order valence-electron chi connectivity index (χ0n) is 21.7. The number of H-pyrrole nitrogens is 1. The van der Waals surface area contributed by atoms with Crippen molar-refractivity contribution in [1.29, 1.82) is 0 Å². The van der Waals surface area contributed by atoms with Gasteiger partial charge in [-0.1, -0.05) is 0 Å². The highest BCUT2D eigenvalue weighted by Gasteiger charge is 2.39. The van der Waals surface area contributed by atoms with E-state index >= 15 is 0 Å². The maximum absolute atomic E-state index is 13.3. The van der Waals surface area contributed by atoms with E-state index < -0.39 is 40.8 Å². The van der Waals surface area contributed by atoms with Gasteiger partial charge in [0.25, 0.3) is 5.56 Å². The van der Waals surface area contributed by atoms with Gasteiger partial charge < -0.3 is 24.6 Å². The summed E-state index contributed by atoms with van der Waals surface area (Å²) in [6.07, 6.45) is -8.51. The van der Waals surface area contributed by atoms with Crippen LogP contribution in [-0.2, 0) is 33.2 Å². The third kappa shape index (κ3) is 6.66. The fourth-order valence-electron chi connectivity index (χ4n) is 4.76. The minimum atomic E-state index is -4.87. The minimum Gasteiger partial charge on any atom is -0.379 e. The van der Waals surface area contributed by atoms with Crippen LogP contribution >= 0.6 is 0 Å². The third-order valence-corrected chi connectivity index (χ3v) is 6.62. The highest BCUT2D eigenvalue weighted by atomic mass is 19.4. The number of carbonyl (C=O) groups excluding carboxylic acids is 1. The fourth-order valence-corrected chi connectivity index (χ4v) is 4.76. The zero-order chi connectivity index (χ0) is 29.2. The number of hydrogen-bond donors (Lipinski definition) is 2. The van der Waals surface area contributed by atoms with Crippen LogP contribution in [0, 0.1) is 6.92 Å². The van der Waals surface area contributed by atoms with Crippen molar-refractivity contribution >= 4 is 17.4 Å². The van der Waals surface area contributed by atoms with E-state index in [1.54, 1.807) is 16.9 Å². The van der Waals surface area contributed by atoms with Crippen molar-refractivity contribution in [3.05, 3.63) is 45.0 Å². The fraction of sp³-hybridized carbons (Fsp3) is 0.583. The van der Waals surface area contributed by atoms with E-state index in [9.17, 15) is 35.9 Å². The summed E-state index contributed by atoms with van der Waals surface area (Å²) in [5.74, 6) is 0.216. The number of fused-ring (bicyclic) bond motifs is 3. The molecule has 0 aromatic carbocycles. The van der Waals surface area contributed by atoms with Gasteiger partial charge in [0.05, 0.1) is 62.0 Å². The van der Waals surface area contributed by atoms with Crippen LogP contribution in [0.5, 0.6) is 0 Å². The average Bonchev–Trinajstić information content (AvgIpc) is 3.03. The molecule has 1 fully saturated rings. The molecule has 2 N–H and O–H groups in total. The molecule has 4 rings (SSSR count). The molecule has 2 aromatic rings. The molecule has 220 valence electrons. The van der Waals surface area contributed by atoms with Crippen molar-refractivity contribution in [3.63, 3.8) is 0 Å². The number of ether oxygens (including phenoxy) is 2. The summed E-state index contributed by atoms with van der Waals surface area (Å²) in [6.45, 7) is 3.99. The van der Waals surface area contributed by atoms with Crippen LogP contribution in [0.15, 0.2) is 17.1 Å². The summed E-state index contributed by atoms with van der Waals surface area (Å²) in [4.78, 5) is 32.1. The molecule has 0 radical (unpaired) electrons. The molecular formula is C24H28F6N6O4. The van der Waals surface area contributed by atoms with Crippen molar-refractivity contribution in [3.8, 4) is 0 Å². The molecule has 2 aliphatic rings. The standard InChI is InChI=1S/C24H28F6N6O4/c1-13(32-18-8-31-34-22(38)20(18)24(28,29)30)10-39-6-3-19(37)35-4-5-36-16(9-35)12-40-11-15-7-17(23(25,26)27)14(2)33-21(15)36/h7-8,13,16H,3-6,9-12H2,1-2H3,(H2,32,34,38)/t13-,16+/m0/s1. The Morgan fingerprint density at radius 3 is 2.70 bits per heavy atom. The number of aromatic nitrogens is 3. The van der Waals surface area contributed by atoms with E-state index in [1.807, 2.05) is 4.90 Å². The number of aryl methyl sites for hydroxylation is 1. The molecular weight excluding hydrogens is 550 g/mol. The predicted octanol–water partition coefficient (Wildman–Crippen LogP) is 2.97. The van der Waals surface area contributed by atoms with Gasteiger partial charge in [0, 0.05) is 31.2 Å². The maximum Gasteiger partial charge on any atom is 0.423 e. The lowest BCUT2D eigenvalue weighted by molar-refractivity contribution is -0.139. The van der Waals surface area contributed by atoms with Gasteiger partial charge in [-0.25, -0.2) is 10.1 Å². The Hall–Kier alpha value is -3.40. The van der Waals surface area contributed by atoms with Crippen molar-refractivity contribution in [2.45, 2.75) is 51.3 Å². The molecule has 0 spiro atoms. The second-order valence-corrected chi connectivity index (χ2v) is 9.66. The van der Waals surface area contributed by atoms with E-state index in [0.717, 1.165) is 12.3 Å². The van der Waals surface area contributed by atoms with Gasteiger partial charge in [0.15, 0.2) is 0 Å². The Bertz CT molecular complexity index is 1280. The van der Waals surface area contributed by atoms with Crippen molar-refractivity contribution < 1.29 is 40.6 Å². The summed E-state index contributed by atoms with van der Waals surface area (Å²) in [5.41, 5.74) is -3.82. The number of alkyl halides is 6. The van der Waals surface area contributed by atoms with Crippen LogP contribution < -0.4 is 15.8 Å². The van der Waals surface area contributed by atoms with Crippen LogP contribution in [0.25, 0.3) is 0 Å². The molecule has 2 atom stereocenters. The molecule has 0 saturated carbocycles. The number of anilines is 2. The lowest BCUT2D eigenvalue weighted by atomic mass is 10.1. The summed E-state index contributed by atoms with van der Waals surface area (Å²) in [6, 6.07) is 0.152. The number of amides is 1. The SMILES string of the molecule is Cc1nc2c(cc1C(F)(F)F)COC[C@H]1CN(C(=O)CCOC[C@H](C)Nc3cn[nH]c(=O)c3C(F)(F)F)CCN21. The Kier molecular flexibility index (Phi) is 8.58. The molecule has 2 aromatic heterocycles. The lowest BCUT2D eigenvalue weighted by Gasteiger charge is -2.41. The molecule has 4 heterocycles. The molecule has 0 unspecified atom stereocenters. The number of hydrogen-bond acceptors (Lipinski definition) is 8. The van der Waals surface area contributed by atoms with Crippen LogP contribution in [-0.4, -0.2) is 77.5 Å². The quantitative estimate of drug-likeness (QED) is 0.381. The van der Waals surface area contributed by atoms with Crippen molar-refractivity contribution in [1.82, 2.24) is 20.1 Å². The third-order valence-electron chi connectivity index (χ3n) is 6.62. The second-order valence-electron chi connectivity index (χ2n) is 9.66. The Balaban J connectivity index is 1.28. The van der Waals surface area contributed by atoms with Crippen LogP contribution in [0.1, 0.15) is 35.7 Å². The molecule has 40 heavy (non-hydrogen) atoms. The number of piperazine rings is 1. The molecule has 16 heteroatoms. The summed E-state index contributed by atoms with van der Waals surface area (Å²) in [5, 5.41) is 7.71. The van der Waals surface area contributed by atoms with Crippen molar-refractivity contribution in [2.75, 3.05) is 49.7 Å². The Labute approximate surface area is 224 Å². The van der Waals surface area contributed by atoms with Gasteiger partial charge in [-0.15, -0.1) is 0 Å². The van der Waals surface area contributed by atoms with Gasteiger partial charge in [-0.05, 0) is 19.9 Å². The Morgan fingerprint density at radius 2 is 2.00 bits per heavy atom. The van der Waals surface area contributed by atoms with Crippen molar-refractivity contribution in [2.24, 2.45) is 0 Å². The van der Waals surface area contributed by atoms with Crippen LogP contribution in [0.2, 0.25) is 0 Å². The summed E-state index contributed by atoms with van der Waals surface area (Å²) < 4.78 is 90.7. The number of rotatable bonds is 7. The van der Waals surface area contributed by atoms with Crippen LogP contribution in [0.4, 0.5) is 37.8 Å². The molecule has 0 aliphatic carbocycles. The van der Waals surface area contributed by atoms with E-state index in [0.29, 0.717) is 24.5 Å². The van der Waals surface area contributed by atoms with E-state index in [2.05, 4.69) is 15.4 Å². The maximum atomic E-state index is 13.3. The van der Waals surface area contributed by atoms with Gasteiger partial charge in [0.1, 0.15) is 11.4 Å². The molecule has 0 bridgehead atoms. The zero-order valence-corrected chi connectivity index (χ0v) is 21.7. The van der Waals surface area contributed by atoms with Crippen LogP contribution in [0.3, 0.4) is 0 Å². The highest BCUT2D eigenvalue weighted by molar-refractivity contribution is 5.76. The highest BCUT2D eigenvalue weighted by Crippen LogP contribution is 2.36. The second kappa shape index (κ2) is 11.6. The number of nitrogens with one attached hydrogen (secondary N) is 2. The average molecular weight is 579 g/mol. The largest absolute Gasteiger partial charge is 0.423 e. The van der Waals surface area contributed by atoms with Gasteiger partial charge >= 0.3 is 12.4 Å². The number of aromatic amines is 1. The summed E-state index contributed by atoms with van der Waals surface area (Å²) >= 11 is 0. The number of halogens is 6. The van der Waals surface area contributed by atoms with E-state index in [4.69, 9.17) is 9.47 Å². The first-order chi connectivity index (χ1) is 18.8. The number of carbonyl (C=O) groups is 1. The van der Waals surface area contributed by atoms with Gasteiger partial charge in [-0.2, -0.15) is 31.4 Å². The van der Waals surface area contributed by atoms with E-state index in [-0.39, 0.29) is 57.0 Å².